The molecule has 4 saturated carbocycles. The largest absolute Gasteiger partial charge is 0.453 e. The van der Waals surface area contributed by atoms with E-state index >= 15 is 0 Å². The van der Waals surface area contributed by atoms with Crippen LogP contribution in [-0.4, -0.2) is 20.5 Å². The fourth-order valence-corrected chi connectivity index (χ4v) is 7.12. The molecule has 0 radical (unpaired) electrons. The predicted octanol–water partition coefficient (Wildman–Crippen LogP) is 4.11. The van der Waals surface area contributed by atoms with Crippen LogP contribution in [0.15, 0.2) is 4.42 Å². The van der Waals surface area contributed by atoms with E-state index in [1.54, 1.807) is 13.8 Å². The Bertz CT molecular complexity index is 615. The minimum absolute atomic E-state index is 0.133. The number of carbonyl (C=O) groups is 1. The average Bonchev–Trinajstić information content (AvgIpc) is 2.81. The smallest absolute Gasteiger partial charge is 0.307 e. The van der Waals surface area contributed by atoms with E-state index in [4.69, 9.17) is 9.15 Å². The lowest BCUT2D eigenvalue weighted by atomic mass is 9.49. The van der Waals surface area contributed by atoms with Gasteiger partial charge < -0.3 is 9.15 Å². The number of ether oxygens (including phenoxy) is 1. The van der Waals surface area contributed by atoms with Crippen LogP contribution in [0.4, 0.5) is 0 Å². The van der Waals surface area contributed by atoms with Gasteiger partial charge in [-0.3, -0.25) is 4.79 Å². The molecule has 4 bridgehead atoms. The number of alkyl halides is 1. The minimum Gasteiger partial charge on any atom is -0.453 e. The average molecular weight is 383 g/mol. The molecule has 3 atom stereocenters. The third kappa shape index (κ3) is 2.94. The molecular weight excluding hydrogens is 360 g/mol. The van der Waals surface area contributed by atoms with E-state index in [1.165, 1.54) is 32.1 Å². The highest BCUT2D eigenvalue weighted by atomic mass is 79.9. The molecule has 126 valence electrons. The van der Waals surface area contributed by atoms with Crippen molar-refractivity contribution in [1.82, 2.24) is 10.2 Å². The van der Waals surface area contributed by atoms with Crippen LogP contribution in [-0.2, 0) is 9.53 Å². The summed E-state index contributed by atoms with van der Waals surface area (Å²) in [5.74, 6) is 2.29. The lowest BCUT2D eigenvalue weighted by Crippen LogP contribution is -2.53. The summed E-state index contributed by atoms with van der Waals surface area (Å²) in [5, 5.41) is 7.73. The Morgan fingerprint density at radius 2 is 2.04 bits per heavy atom. The van der Waals surface area contributed by atoms with Crippen molar-refractivity contribution in [2.75, 3.05) is 0 Å². The Balaban J connectivity index is 1.42. The van der Waals surface area contributed by atoms with E-state index in [-0.39, 0.29) is 15.7 Å². The minimum atomic E-state index is -0.476. The van der Waals surface area contributed by atoms with Crippen LogP contribution in [0.3, 0.4) is 0 Å². The normalized spacial score (nSPS) is 39.4. The molecule has 4 aliphatic carbocycles. The van der Waals surface area contributed by atoms with Crippen LogP contribution in [0.25, 0.3) is 0 Å². The first-order valence-corrected chi connectivity index (χ1v) is 9.33. The van der Waals surface area contributed by atoms with Gasteiger partial charge >= 0.3 is 5.97 Å². The van der Waals surface area contributed by atoms with Gasteiger partial charge in [0.25, 0.3) is 5.89 Å². The van der Waals surface area contributed by atoms with Crippen LogP contribution >= 0.6 is 15.9 Å². The molecule has 0 N–H and O–H groups in total. The number of hydrogen-bond acceptors (Lipinski definition) is 5. The second kappa shape index (κ2) is 5.30. The highest BCUT2D eigenvalue weighted by Crippen LogP contribution is 2.65. The van der Waals surface area contributed by atoms with Gasteiger partial charge in [-0.05, 0) is 62.7 Å². The van der Waals surface area contributed by atoms with Crippen molar-refractivity contribution in [2.45, 2.75) is 69.2 Å². The summed E-state index contributed by atoms with van der Waals surface area (Å²) in [6.45, 7) is 3.52. The first-order chi connectivity index (χ1) is 10.8. The number of aryl methyl sites for hydroxylation is 1. The Labute approximate surface area is 144 Å². The van der Waals surface area contributed by atoms with E-state index in [0.29, 0.717) is 18.2 Å². The van der Waals surface area contributed by atoms with Crippen LogP contribution in [0, 0.1) is 24.2 Å². The molecular formula is C17H23BrN2O3. The van der Waals surface area contributed by atoms with Crippen molar-refractivity contribution in [3.63, 3.8) is 0 Å². The first kappa shape index (κ1) is 15.6. The van der Waals surface area contributed by atoms with Gasteiger partial charge in [-0.1, -0.05) is 15.9 Å². The standard InChI is InChI=1S/C17H23BrN2O3/c1-10(15-20-19-11(2)23-15)22-14(21)8-16-4-12-3-13(5-16)7-17(18,6-12)9-16/h10,12-13H,3-9H2,1-2H3. The van der Waals surface area contributed by atoms with Crippen molar-refractivity contribution in [3.05, 3.63) is 11.8 Å². The number of rotatable bonds is 4. The Kier molecular flexibility index (Phi) is 3.59. The fourth-order valence-electron chi connectivity index (χ4n) is 5.61. The van der Waals surface area contributed by atoms with Gasteiger partial charge in [0.2, 0.25) is 5.89 Å². The molecule has 0 aliphatic heterocycles. The SMILES string of the molecule is Cc1nnc(C(C)OC(=O)CC23CC4CC(CC(Br)(C4)C2)C3)o1. The molecule has 6 heteroatoms. The summed E-state index contributed by atoms with van der Waals surface area (Å²) < 4.78 is 11.2. The van der Waals surface area contributed by atoms with Crippen LogP contribution in [0.2, 0.25) is 0 Å². The first-order valence-electron chi connectivity index (χ1n) is 8.53. The lowest BCUT2D eigenvalue weighted by Gasteiger charge is -2.60. The predicted molar refractivity (Wildman–Crippen MR) is 86.9 cm³/mol. The molecule has 23 heavy (non-hydrogen) atoms. The van der Waals surface area contributed by atoms with Crippen molar-refractivity contribution >= 4 is 21.9 Å². The number of esters is 1. The van der Waals surface area contributed by atoms with Gasteiger partial charge in [-0.2, -0.15) is 0 Å². The van der Waals surface area contributed by atoms with E-state index < -0.39 is 6.10 Å². The van der Waals surface area contributed by atoms with Gasteiger partial charge in [0.15, 0.2) is 6.10 Å². The highest BCUT2D eigenvalue weighted by molar-refractivity contribution is 9.10. The number of halogens is 1. The summed E-state index contributed by atoms with van der Waals surface area (Å²) in [7, 11) is 0. The van der Waals surface area contributed by atoms with E-state index in [2.05, 4.69) is 26.1 Å². The molecule has 0 spiro atoms. The Morgan fingerprint density at radius 3 is 2.61 bits per heavy atom. The van der Waals surface area contributed by atoms with Gasteiger partial charge in [0, 0.05) is 11.2 Å². The zero-order valence-electron chi connectivity index (χ0n) is 13.7. The van der Waals surface area contributed by atoms with Crippen LogP contribution < -0.4 is 0 Å². The Hall–Kier alpha value is -0.910. The molecule has 1 aromatic rings. The lowest BCUT2D eigenvalue weighted by molar-refractivity contribution is -0.157. The molecule has 5 rings (SSSR count). The maximum absolute atomic E-state index is 12.5. The second-order valence-corrected chi connectivity index (χ2v) is 9.76. The van der Waals surface area contributed by atoms with Gasteiger partial charge in [0.1, 0.15) is 0 Å². The number of nitrogens with zero attached hydrogens (tertiary/aromatic N) is 2. The van der Waals surface area contributed by atoms with Gasteiger partial charge in [-0.25, -0.2) is 0 Å². The van der Waals surface area contributed by atoms with Gasteiger partial charge in [0.05, 0.1) is 6.42 Å². The van der Waals surface area contributed by atoms with Crippen LogP contribution in [0.1, 0.15) is 69.8 Å². The summed E-state index contributed by atoms with van der Waals surface area (Å²) in [6.07, 6.45) is 7.41. The molecule has 1 heterocycles. The quantitative estimate of drug-likeness (QED) is 0.578. The molecule has 0 aromatic carbocycles. The molecule has 1 aromatic heterocycles. The van der Waals surface area contributed by atoms with Crippen molar-refractivity contribution < 1.29 is 13.9 Å². The molecule has 5 nitrogen and oxygen atoms in total. The highest BCUT2D eigenvalue weighted by Gasteiger charge is 2.57. The summed E-state index contributed by atoms with van der Waals surface area (Å²) in [6, 6.07) is 0. The topological polar surface area (TPSA) is 65.2 Å². The summed E-state index contributed by atoms with van der Waals surface area (Å²) in [5.41, 5.74) is 0.134. The third-order valence-corrected chi connectivity index (χ3v) is 6.76. The third-order valence-electron chi connectivity index (χ3n) is 5.83. The summed E-state index contributed by atoms with van der Waals surface area (Å²) >= 11 is 3.99. The number of carbonyl (C=O) groups excluding carboxylic acids is 1. The maximum Gasteiger partial charge on any atom is 0.307 e. The molecule has 4 fully saturated rings. The van der Waals surface area contributed by atoms with E-state index in [9.17, 15) is 4.79 Å². The van der Waals surface area contributed by atoms with E-state index in [1.807, 2.05) is 0 Å². The monoisotopic (exact) mass is 382 g/mol. The molecule has 0 amide bonds. The molecule has 3 unspecified atom stereocenters. The molecule has 0 saturated heterocycles. The van der Waals surface area contributed by atoms with Crippen molar-refractivity contribution in [1.29, 1.82) is 0 Å². The fraction of sp³-hybridized carbons (Fsp3) is 0.824. The summed E-state index contributed by atoms with van der Waals surface area (Å²) in [4.78, 5) is 12.5. The second-order valence-electron chi connectivity index (χ2n) is 8.08. The maximum atomic E-state index is 12.5. The van der Waals surface area contributed by atoms with Gasteiger partial charge in [-0.15, -0.1) is 10.2 Å². The van der Waals surface area contributed by atoms with Crippen molar-refractivity contribution in [3.8, 4) is 0 Å². The zero-order valence-corrected chi connectivity index (χ0v) is 15.3. The van der Waals surface area contributed by atoms with E-state index in [0.717, 1.165) is 18.3 Å². The van der Waals surface area contributed by atoms with Crippen molar-refractivity contribution in [2.24, 2.45) is 17.3 Å². The number of aromatic nitrogens is 2. The Morgan fingerprint density at radius 1 is 1.35 bits per heavy atom. The molecule has 4 aliphatic rings. The van der Waals surface area contributed by atoms with Crippen LogP contribution in [0.5, 0.6) is 0 Å². The zero-order chi connectivity index (χ0) is 16.2. The number of hydrogen-bond donors (Lipinski definition) is 0.